The molecule has 9 nitrogen and oxygen atoms in total. The minimum atomic E-state index is -3.85. The molecule has 36 heavy (non-hydrogen) atoms. The van der Waals surface area contributed by atoms with Gasteiger partial charge in [-0.1, -0.05) is 31.5 Å². The Kier molecular flexibility index (Phi) is 10.6. The van der Waals surface area contributed by atoms with Gasteiger partial charge in [-0.15, -0.1) is 0 Å². The molecule has 0 aromatic heterocycles. The fourth-order valence-corrected chi connectivity index (χ4v) is 4.48. The molecular formula is C26H37N3O6S. The number of nitrogens with zero attached hydrogens (tertiary/aromatic N) is 2. The van der Waals surface area contributed by atoms with Crippen LogP contribution in [0.15, 0.2) is 42.5 Å². The van der Waals surface area contributed by atoms with Crippen LogP contribution in [0, 0.1) is 6.92 Å². The first-order chi connectivity index (χ1) is 17.0. The zero-order valence-electron chi connectivity index (χ0n) is 21.9. The molecular weight excluding hydrogens is 482 g/mol. The number of carbonyl (C=O) groups excluding carboxylic acids is 2. The molecule has 0 saturated heterocycles. The van der Waals surface area contributed by atoms with Gasteiger partial charge in [0.05, 0.1) is 26.2 Å². The van der Waals surface area contributed by atoms with Gasteiger partial charge in [0, 0.05) is 13.1 Å². The van der Waals surface area contributed by atoms with Crippen molar-refractivity contribution < 1.29 is 27.5 Å². The molecule has 0 spiro atoms. The van der Waals surface area contributed by atoms with Gasteiger partial charge in [0.1, 0.15) is 24.1 Å². The number of sulfonamides is 1. The Morgan fingerprint density at radius 2 is 1.72 bits per heavy atom. The van der Waals surface area contributed by atoms with Crippen LogP contribution >= 0.6 is 0 Å². The number of methoxy groups -OCH3 is 2. The predicted molar refractivity (Wildman–Crippen MR) is 141 cm³/mol. The molecule has 0 heterocycles. The van der Waals surface area contributed by atoms with Crippen molar-refractivity contribution in [2.75, 3.05) is 37.9 Å². The Morgan fingerprint density at radius 1 is 1.06 bits per heavy atom. The van der Waals surface area contributed by atoms with Crippen molar-refractivity contribution in [2.45, 2.75) is 46.2 Å². The molecule has 0 radical (unpaired) electrons. The molecule has 1 N–H and O–H groups in total. The van der Waals surface area contributed by atoms with E-state index in [0.29, 0.717) is 18.0 Å². The number of nitrogens with one attached hydrogen (secondary N) is 1. The van der Waals surface area contributed by atoms with Crippen LogP contribution in [0.2, 0.25) is 0 Å². The summed E-state index contributed by atoms with van der Waals surface area (Å²) in [6.45, 7) is 5.62. The third-order valence-electron chi connectivity index (χ3n) is 5.79. The second kappa shape index (κ2) is 13.2. The lowest BCUT2D eigenvalue weighted by molar-refractivity contribution is -0.139. The van der Waals surface area contributed by atoms with Crippen LogP contribution in [0.5, 0.6) is 11.5 Å². The lowest BCUT2D eigenvalue weighted by Gasteiger charge is -2.32. The minimum absolute atomic E-state index is 0.119. The molecule has 1 atom stereocenters. The molecule has 0 fully saturated rings. The zero-order valence-corrected chi connectivity index (χ0v) is 22.7. The van der Waals surface area contributed by atoms with Crippen molar-refractivity contribution in [3.8, 4) is 11.5 Å². The molecule has 198 valence electrons. The largest absolute Gasteiger partial charge is 0.497 e. The van der Waals surface area contributed by atoms with Crippen LogP contribution in [0.3, 0.4) is 0 Å². The molecule has 0 saturated carbocycles. The Balaban J connectivity index is 2.41. The van der Waals surface area contributed by atoms with Gasteiger partial charge in [-0.2, -0.15) is 0 Å². The highest BCUT2D eigenvalue weighted by molar-refractivity contribution is 7.92. The molecule has 0 bridgehead atoms. The van der Waals surface area contributed by atoms with Crippen molar-refractivity contribution in [2.24, 2.45) is 0 Å². The lowest BCUT2D eigenvalue weighted by atomic mass is 10.1. The van der Waals surface area contributed by atoms with Crippen molar-refractivity contribution in [3.63, 3.8) is 0 Å². The second-order valence-electron chi connectivity index (χ2n) is 8.64. The maximum Gasteiger partial charge on any atom is 0.244 e. The summed E-state index contributed by atoms with van der Waals surface area (Å²) in [6, 6.07) is 11.4. The monoisotopic (exact) mass is 519 g/mol. The number of rotatable bonds is 13. The van der Waals surface area contributed by atoms with Crippen molar-refractivity contribution >= 4 is 27.5 Å². The maximum atomic E-state index is 13.6. The molecule has 1 unspecified atom stereocenters. The Hall–Kier alpha value is -3.27. The molecule has 10 heteroatoms. The lowest BCUT2D eigenvalue weighted by Crippen LogP contribution is -2.51. The second-order valence-corrected chi connectivity index (χ2v) is 10.5. The van der Waals surface area contributed by atoms with Crippen LogP contribution in [0.25, 0.3) is 0 Å². The summed E-state index contributed by atoms with van der Waals surface area (Å²) in [6.07, 6.45) is 2.78. The summed E-state index contributed by atoms with van der Waals surface area (Å²) in [7, 11) is -0.851. The van der Waals surface area contributed by atoms with E-state index in [0.717, 1.165) is 34.5 Å². The number of hydrogen-bond acceptors (Lipinski definition) is 6. The first-order valence-electron chi connectivity index (χ1n) is 11.8. The van der Waals surface area contributed by atoms with Gasteiger partial charge in [0.25, 0.3) is 0 Å². The average Bonchev–Trinajstić information content (AvgIpc) is 2.85. The number of benzene rings is 2. The SMILES string of the molecule is CCCCNC(=O)C(C)N(Cc1ccc(OC)cc1)C(=O)CN(c1cc(C)ccc1OC)S(C)(=O)=O. The molecule has 2 aromatic carbocycles. The van der Waals surface area contributed by atoms with Crippen molar-refractivity contribution in [1.82, 2.24) is 10.2 Å². The topological polar surface area (TPSA) is 105 Å². The van der Waals surface area contributed by atoms with Crippen LogP contribution in [-0.4, -0.2) is 64.7 Å². The van der Waals surface area contributed by atoms with Crippen LogP contribution in [-0.2, 0) is 26.2 Å². The molecule has 0 aliphatic carbocycles. The highest BCUT2D eigenvalue weighted by Gasteiger charge is 2.31. The van der Waals surface area contributed by atoms with Crippen molar-refractivity contribution in [3.05, 3.63) is 53.6 Å². The fraction of sp³-hybridized carbons (Fsp3) is 0.462. The molecule has 2 amide bonds. The smallest absolute Gasteiger partial charge is 0.244 e. The predicted octanol–water partition coefficient (Wildman–Crippen LogP) is 3.11. The van der Waals surface area contributed by atoms with Crippen LogP contribution in [0.4, 0.5) is 5.69 Å². The first-order valence-corrected chi connectivity index (χ1v) is 13.7. The van der Waals surface area contributed by atoms with Gasteiger partial charge in [-0.25, -0.2) is 8.42 Å². The van der Waals surface area contributed by atoms with Crippen LogP contribution < -0.4 is 19.1 Å². The quantitative estimate of drug-likeness (QED) is 0.408. The van der Waals surface area contributed by atoms with E-state index in [-0.39, 0.29) is 18.1 Å². The zero-order chi connectivity index (χ0) is 26.9. The highest BCUT2D eigenvalue weighted by atomic mass is 32.2. The number of unbranched alkanes of at least 4 members (excludes halogenated alkanes) is 1. The number of hydrogen-bond donors (Lipinski definition) is 1. The average molecular weight is 520 g/mol. The molecule has 2 rings (SSSR count). The standard InChI is InChI=1S/C26H37N3O6S/c1-7-8-15-27-26(31)20(3)28(17-21-10-12-22(34-4)13-11-21)25(30)18-29(36(6,32)33)23-16-19(2)9-14-24(23)35-5/h9-14,16,20H,7-8,15,17-18H2,1-6H3,(H,27,31). The van der Waals surface area contributed by atoms with E-state index >= 15 is 0 Å². The van der Waals surface area contributed by atoms with Crippen LogP contribution in [0.1, 0.15) is 37.8 Å². The summed E-state index contributed by atoms with van der Waals surface area (Å²) in [4.78, 5) is 27.9. The van der Waals surface area contributed by atoms with E-state index in [1.54, 1.807) is 56.5 Å². The Bertz CT molecular complexity index is 1130. The normalized spacial score (nSPS) is 11.9. The van der Waals surface area contributed by atoms with Gasteiger partial charge in [-0.3, -0.25) is 13.9 Å². The Morgan fingerprint density at radius 3 is 2.28 bits per heavy atom. The highest BCUT2D eigenvalue weighted by Crippen LogP contribution is 2.31. The van der Waals surface area contributed by atoms with E-state index in [1.165, 1.54) is 12.0 Å². The maximum absolute atomic E-state index is 13.6. The van der Waals surface area contributed by atoms with Gasteiger partial charge >= 0.3 is 0 Å². The van der Waals surface area contributed by atoms with Gasteiger partial charge in [0.15, 0.2) is 0 Å². The molecule has 0 aliphatic heterocycles. The third-order valence-corrected chi connectivity index (χ3v) is 6.92. The number of anilines is 1. The number of aryl methyl sites for hydroxylation is 1. The van der Waals surface area contributed by atoms with E-state index in [2.05, 4.69) is 5.32 Å². The summed E-state index contributed by atoms with van der Waals surface area (Å²) in [5.41, 5.74) is 1.85. The summed E-state index contributed by atoms with van der Waals surface area (Å²) in [5.74, 6) is 0.171. The molecule has 0 aliphatic rings. The van der Waals surface area contributed by atoms with Gasteiger partial charge in [0.2, 0.25) is 21.8 Å². The number of carbonyl (C=O) groups is 2. The minimum Gasteiger partial charge on any atom is -0.497 e. The number of amides is 2. The van der Waals surface area contributed by atoms with Crippen molar-refractivity contribution in [1.29, 1.82) is 0 Å². The van der Waals surface area contributed by atoms with Gasteiger partial charge < -0.3 is 19.7 Å². The third kappa shape index (κ3) is 7.87. The first kappa shape index (κ1) is 29.0. The van der Waals surface area contributed by atoms with E-state index < -0.39 is 28.5 Å². The Labute approximate surface area is 214 Å². The summed E-state index contributed by atoms with van der Waals surface area (Å²) >= 11 is 0. The van der Waals surface area contributed by atoms with E-state index in [1.807, 2.05) is 13.8 Å². The number of ether oxygens (including phenoxy) is 2. The fourth-order valence-electron chi connectivity index (χ4n) is 3.64. The van der Waals surface area contributed by atoms with E-state index in [9.17, 15) is 18.0 Å². The summed E-state index contributed by atoms with van der Waals surface area (Å²) in [5, 5.41) is 2.86. The summed E-state index contributed by atoms with van der Waals surface area (Å²) < 4.78 is 37.2. The van der Waals surface area contributed by atoms with E-state index in [4.69, 9.17) is 9.47 Å². The van der Waals surface area contributed by atoms with Gasteiger partial charge in [-0.05, 0) is 55.7 Å². The molecule has 2 aromatic rings.